The van der Waals surface area contributed by atoms with Crippen LogP contribution in [-0.4, -0.2) is 48.0 Å². The largest absolute Gasteiger partial charge is 0.362 e. The number of aliphatic imine (C=N–C) groups is 1. The van der Waals surface area contributed by atoms with Gasteiger partial charge in [-0.05, 0) is 50.2 Å². The number of nitrogens with zero attached hydrogens (tertiary/aromatic N) is 2. The Morgan fingerprint density at radius 2 is 1.95 bits per heavy atom. The van der Waals surface area contributed by atoms with Crippen LogP contribution >= 0.6 is 11.8 Å². The number of piperidine rings is 1. The Balaban J connectivity index is 1.80. The third-order valence-corrected chi connectivity index (χ3v) is 5.60. The molecule has 2 aliphatic rings. The number of thioether (sulfide) groups is 1. The third kappa shape index (κ3) is 4.66. The van der Waals surface area contributed by atoms with E-state index < -0.39 is 0 Å². The third-order valence-electron chi connectivity index (χ3n) is 4.64. The van der Waals surface area contributed by atoms with Crippen LogP contribution in [0.4, 0.5) is 0 Å². The molecule has 2 heterocycles. The molecule has 116 valence electrons. The maximum absolute atomic E-state index is 4.87. The number of likely N-dealkylation sites (tertiary alicyclic amines) is 1. The molecule has 2 saturated heterocycles. The average molecular weight is 298 g/mol. The minimum absolute atomic E-state index is 0.328. The summed E-state index contributed by atoms with van der Waals surface area (Å²) in [4.78, 5) is 7.42. The molecule has 0 bridgehead atoms. The van der Waals surface area contributed by atoms with Gasteiger partial charge in [-0.25, -0.2) is 0 Å². The van der Waals surface area contributed by atoms with Gasteiger partial charge in [-0.3, -0.25) is 4.99 Å². The zero-order valence-corrected chi connectivity index (χ0v) is 14.4. The fourth-order valence-corrected chi connectivity index (χ4v) is 3.91. The van der Waals surface area contributed by atoms with E-state index in [1.54, 1.807) is 0 Å². The lowest BCUT2D eigenvalue weighted by molar-refractivity contribution is 0.196. The van der Waals surface area contributed by atoms with Gasteiger partial charge in [-0.2, -0.15) is 0 Å². The molecule has 1 atom stereocenters. The first kappa shape index (κ1) is 16.2. The first-order valence-electron chi connectivity index (χ1n) is 8.15. The topological polar surface area (TPSA) is 27.6 Å². The van der Waals surface area contributed by atoms with Gasteiger partial charge in [0.25, 0.3) is 0 Å². The molecule has 0 radical (unpaired) electrons. The molecule has 0 saturated carbocycles. The molecule has 3 nitrogen and oxygen atoms in total. The van der Waals surface area contributed by atoms with E-state index in [0.29, 0.717) is 11.5 Å². The number of hydrogen-bond acceptors (Lipinski definition) is 3. The molecular formula is C16H31N3S. The van der Waals surface area contributed by atoms with Gasteiger partial charge in [0.15, 0.2) is 5.17 Å². The monoisotopic (exact) mass is 297 g/mol. The molecular weight excluding hydrogens is 266 g/mol. The normalized spacial score (nSPS) is 28.6. The Labute approximate surface area is 129 Å². The second-order valence-electron chi connectivity index (χ2n) is 7.22. The van der Waals surface area contributed by atoms with Crippen LogP contribution in [0, 0.1) is 11.3 Å². The number of nitrogens with one attached hydrogen (secondary N) is 1. The van der Waals surface area contributed by atoms with Crippen molar-refractivity contribution in [1.29, 1.82) is 0 Å². The lowest BCUT2D eigenvalue weighted by atomic mass is 9.85. The van der Waals surface area contributed by atoms with Crippen LogP contribution < -0.4 is 5.32 Å². The standard InChI is InChI=1S/C16H31N3S/c1-5-19-9-6-13(7-10-19)12-17-15-18-14(8-11-20-15)16(2,3)4/h13-14H,5-12H2,1-4H3,(H,17,18). The van der Waals surface area contributed by atoms with E-state index >= 15 is 0 Å². The smallest absolute Gasteiger partial charge is 0.156 e. The zero-order chi connectivity index (χ0) is 14.6. The lowest BCUT2D eigenvalue weighted by Gasteiger charge is -2.36. The van der Waals surface area contributed by atoms with Gasteiger partial charge < -0.3 is 10.2 Å². The van der Waals surface area contributed by atoms with Gasteiger partial charge >= 0.3 is 0 Å². The van der Waals surface area contributed by atoms with E-state index in [9.17, 15) is 0 Å². The van der Waals surface area contributed by atoms with Crippen LogP contribution in [0.5, 0.6) is 0 Å². The molecule has 2 aliphatic heterocycles. The van der Waals surface area contributed by atoms with Gasteiger partial charge in [0.05, 0.1) is 0 Å². The van der Waals surface area contributed by atoms with E-state index in [1.807, 2.05) is 11.8 Å². The fraction of sp³-hybridized carbons (Fsp3) is 0.938. The second kappa shape index (κ2) is 7.17. The summed E-state index contributed by atoms with van der Waals surface area (Å²) >= 11 is 1.91. The van der Waals surface area contributed by atoms with Crippen molar-refractivity contribution in [3.63, 3.8) is 0 Å². The lowest BCUT2D eigenvalue weighted by Crippen LogP contribution is -2.46. The number of rotatable bonds is 3. The molecule has 2 rings (SSSR count). The van der Waals surface area contributed by atoms with Crippen molar-refractivity contribution in [3.05, 3.63) is 0 Å². The van der Waals surface area contributed by atoms with Gasteiger partial charge in [0, 0.05) is 18.3 Å². The molecule has 0 amide bonds. The van der Waals surface area contributed by atoms with Crippen molar-refractivity contribution in [3.8, 4) is 0 Å². The summed E-state index contributed by atoms with van der Waals surface area (Å²) in [5.41, 5.74) is 0.328. The maximum Gasteiger partial charge on any atom is 0.156 e. The van der Waals surface area contributed by atoms with Crippen LogP contribution in [0.15, 0.2) is 4.99 Å². The second-order valence-corrected chi connectivity index (χ2v) is 8.31. The Bertz CT molecular complexity index is 327. The van der Waals surface area contributed by atoms with E-state index in [-0.39, 0.29) is 0 Å². The molecule has 0 aliphatic carbocycles. The first-order valence-corrected chi connectivity index (χ1v) is 9.13. The van der Waals surface area contributed by atoms with Gasteiger partial charge in [-0.15, -0.1) is 0 Å². The van der Waals surface area contributed by atoms with Crippen molar-refractivity contribution in [1.82, 2.24) is 10.2 Å². The van der Waals surface area contributed by atoms with Gasteiger partial charge in [0.1, 0.15) is 0 Å². The van der Waals surface area contributed by atoms with E-state index in [4.69, 9.17) is 4.99 Å². The van der Waals surface area contributed by atoms with Crippen molar-refractivity contribution >= 4 is 16.9 Å². The Hall–Kier alpha value is -0.220. The molecule has 0 aromatic rings. The minimum Gasteiger partial charge on any atom is -0.362 e. The van der Waals surface area contributed by atoms with Crippen LogP contribution in [0.3, 0.4) is 0 Å². The summed E-state index contributed by atoms with van der Waals surface area (Å²) in [6.07, 6.45) is 3.89. The van der Waals surface area contributed by atoms with Crippen molar-refractivity contribution in [2.75, 3.05) is 31.9 Å². The molecule has 0 spiro atoms. The average Bonchev–Trinajstić information content (AvgIpc) is 2.45. The summed E-state index contributed by atoms with van der Waals surface area (Å²) in [7, 11) is 0. The molecule has 1 unspecified atom stereocenters. The molecule has 20 heavy (non-hydrogen) atoms. The van der Waals surface area contributed by atoms with Crippen LogP contribution in [-0.2, 0) is 0 Å². The predicted molar refractivity (Wildman–Crippen MR) is 90.6 cm³/mol. The van der Waals surface area contributed by atoms with Crippen LogP contribution in [0.1, 0.15) is 47.0 Å². The molecule has 0 aromatic carbocycles. The summed E-state index contributed by atoms with van der Waals surface area (Å²) in [5, 5.41) is 4.84. The number of hydrogen-bond donors (Lipinski definition) is 1. The van der Waals surface area contributed by atoms with Crippen molar-refractivity contribution in [2.24, 2.45) is 16.3 Å². The summed E-state index contributed by atoms with van der Waals surface area (Å²) in [6.45, 7) is 14.0. The minimum atomic E-state index is 0.328. The Morgan fingerprint density at radius 1 is 1.25 bits per heavy atom. The molecule has 1 N–H and O–H groups in total. The van der Waals surface area contributed by atoms with E-state index in [2.05, 4.69) is 37.9 Å². The van der Waals surface area contributed by atoms with Crippen LogP contribution in [0.25, 0.3) is 0 Å². The highest BCUT2D eigenvalue weighted by atomic mass is 32.2. The number of amidine groups is 1. The first-order chi connectivity index (χ1) is 9.49. The van der Waals surface area contributed by atoms with Crippen LogP contribution in [0.2, 0.25) is 0 Å². The predicted octanol–water partition coefficient (Wildman–Crippen LogP) is 3.22. The molecule has 0 aromatic heterocycles. The van der Waals surface area contributed by atoms with E-state index in [1.165, 1.54) is 49.8 Å². The molecule has 2 fully saturated rings. The summed E-state index contributed by atoms with van der Waals surface area (Å²) < 4.78 is 0. The molecule has 4 heteroatoms. The van der Waals surface area contributed by atoms with Gasteiger partial charge in [0.2, 0.25) is 0 Å². The zero-order valence-electron chi connectivity index (χ0n) is 13.6. The maximum atomic E-state index is 4.87. The SMILES string of the molecule is CCN1CCC(CN=C2NC(C(C)(C)C)CCS2)CC1. The van der Waals surface area contributed by atoms with E-state index in [0.717, 1.165) is 12.5 Å². The summed E-state index contributed by atoms with van der Waals surface area (Å²) in [5.74, 6) is 2.00. The Morgan fingerprint density at radius 3 is 2.55 bits per heavy atom. The summed E-state index contributed by atoms with van der Waals surface area (Å²) in [6, 6.07) is 0.574. The van der Waals surface area contributed by atoms with Gasteiger partial charge in [-0.1, -0.05) is 39.5 Å². The highest BCUT2D eigenvalue weighted by Gasteiger charge is 2.28. The Kier molecular flexibility index (Phi) is 5.79. The van der Waals surface area contributed by atoms with Crippen molar-refractivity contribution in [2.45, 2.75) is 53.0 Å². The highest BCUT2D eigenvalue weighted by Crippen LogP contribution is 2.27. The van der Waals surface area contributed by atoms with Crippen molar-refractivity contribution < 1.29 is 0 Å². The quantitative estimate of drug-likeness (QED) is 0.867. The highest BCUT2D eigenvalue weighted by molar-refractivity contribution is 8.13. The fourth-order valence-electron chi connectivity index (χ4n) is 2.97.